The molecule has 0 saturated heterocycles. The van der Waals surface area contributed by atoms with E-state index >= 15 is 0 Å². The smallest absolute Gasteiger partial charge is 0.336 e. The van der Waals surface area contributed by atoms with E-state index in [0.717, 1.165) is 12.0 Å². The standard InChI is InChI=1S/C26H18FNO4/c1-2-15-11-12-22-18(13-15)19(14-23(29)31-22)25-24(17-8-4-6-10-21(17)32-25)28-26(30)16-7-3-5-9-20(16)27/h3-14H,2H2,1H3,(H,28,30). The van der Waals surface area contributed by atoms with Crippen molar-refractivity contribution in [3.8, 4) is 11.3 Å². The molecule has 0 radical (unpaired) electrons. The van der Waals surface area contributed by atoms with Crippen LogP contribution in [0.5, 0.6) is 0 Å². The van der Waals surface area contributed by atoms with Crippen LogP contribution in [-0.4, -0.2) is 5.91 Å². The summed E-state index contributed by atoms with van der Waals surface area (Å²) < 4.78 is 25.7. The van der Waals surface area contributed by atoms with Gasteiger partial charge >= 0.3 is 5.63 Å². The van der Waals surface area contributed by atoms with Crippen molar-refractivity contribution in [3.05, 3.63) is 100 Å². The summed E-state index contributed by atoms with van der Waals surface area (Å²) in [7, 11) is 0. The van der Waals surface area contributed by atoms with Crippen molar-refractivity contribution < 1.29 is 18.0 Å². The van der Waals surface area contributed by atoms with Crippen LogP contribution in [0.15, 0.2) is 86.4 Å². The van der Waals surface area contributed by atoms with Crippen LogP contribution in [0.2, 0.25) is 0 Å². The highest BCUT2D eigenvalue weighted by Crippen LogP contribution is 2.40. The normalized spacial score (nSPS) is 11.2. The van der Waals surface area contributed by atoms with E-state index in [2.05, 4.69) is 5.32 Å². The summed E-state index contributed by atoms with van der Waals surface area (Å²) in [5, 5.41) is 4.12. The molecule has 0 saturated carbocycles. The van der Waals surface area contributed by atoms with E-state index < -0.39 is 17.3 Å². The lowest BCUT2D eigenvalue weighted by atomic mass is 10.0. The summed E-state index contributed by atoms with van der Waals surface area (Å²) >= 11 is 0. The average molecular weight is 427 g/mol. The van der Waals surface area contributed by atoms with Gasteiger partial charge in [0, 0.05) is 22.4 Å². The van der Waals surface area contributed by atoms with Crippen molar-refractivity contribution in [2.24, 2.45) is 0 Å². The molecule has 0 fully saturated rings. The van der Waals surface area contributed by atoms with Crippen LogP contribution in [0.4, 0.5) is 10.1 Å². The Bertz CT molecular complexity index is 1550. The molecular formula is C26H18FNO4. The minimum absolute atomic E-state index is 0.0885. The minimum atomic E-state index is -0.627. The highest BCUT2D eigenvalue weighted by atomic mass is 19.1. The number of para-hydroxylation sites is 1. The molecule has 0 atom stereocenters. The molecule has 2 heterocycles. The first-order valence-electron chi connectivity index (χ1n) is 10.2. The van der Waals surface area contributed by atoms with Gasteiger partial charge in [-0.1, -0.05) is 37.3 Å². The molecule has 32 heavy (non-hydrogen) atoms. The van der Waals surface area contributed by atoms with E-state index in [4.69, 9.17) is 8.83 Å². The zero-order valence-electron chi connectivity index (χ0n) is 17.1. The van der Waals surface area contributed by atoms with Gasteiger partial charge < -0.3 is 14.2 Å². The Morgan fingerprint density at radius 2 is 1.66 bits per heavy atom. The number of halogens is 1. The van der Waals surface area contributed by atoms with Crippen molar-refractivity contribution in [2.75, 3.05) is 5.32 Å². The number of carbonyl (C=O) groups is 1. The van der Waals surface area contributed by atoms with Gasteiger partial charge in [-0.25, -0.2) is 9.18 Å². The average Bonchev–Trinajstić information content (AvgIpc) is 3.16. The molecule has 158 valence electrons. The van der Waals surface area contributed by atoms with Gasteiger partial charge in [0.1, 0.15) is 17.0 Å². The summed E-state index contributed by atoms with van der Waals surface area (Å²) in [6.07, 6.45) is 0.797. The predicted molar refractivity (Wildman–Crippen MR) is 121 cm³/mol. The molecule has 1 N–H and O–H groups in total. The number of nitrogens with one attached hydrogen (secondary N) is 1. The third kappa shape index (κ3) is 3.36. The van der Waals surface area contributed by atoms with Gasteiger partial charge in [-0.2, -0.15) is 0 Å². The topological polar surface area (TPSA) is 72.5 Å². The lowest BCUT2D eigenvalue weighted by Gasteiger charge is -2.09. The molecule has 0 spiro atoms. The second kappa shape index (κ2) is 7.81. The third-order valence-corrected chi connectivity index (χ3v) is 5.41. The van der Waals surface area contributed by atoms with Crippen LogP contribution in [0.3, 0.4) is 0 Å². The molecular weight excluding hydrogens is 409 g/mol. The van der Waals surface area contributed by atoms with Crippen LogP contribution < -0.4 is 10.9 Å². The number of rotatable bonds is 4. The van der Waals surface area contributed by atoms with Crippen molar-refractivity contribution in [2.45, 2.75) is 13.3 Å². The monoisotopic (exact) mass is 427 g/mol. The number of furan rings is 1. The Balaban J connectivity index is 1.75. The van der Waals surface area contributed by atoms with Gasteiger partial charge in [0.25, 0.3) is 5.91 Å². The molecule has 0 bridgehead atoms. The van der Waals surface area contributed by atoms with Crippen LogP contribution >= 0.6 is 0 Å². The first-order chi connectivity index (χ1) is 15.5. The number of hydrogen-bond donors (Lipinski definition) is 1. The van der Waals surface area contributed by atoms with Gasteiger partial charge in [0.15, 0.2) is 5.76 Å². The molecule has 2 aromatic heterocycles. The number of amides is 1. The van der Waals surface area contributed by atoms with Gasteiger partial charge in [0.2, 0.25) is 0 Å². The number of aryl methyl sites for hydroxylation is 1. The first kappa shape index (κ1) is 19.8. The second-order valence-electron chi connectivity index (χ2n) is 7.40. The highest BCUT2D eigenvalue weighted by molar-refractivity contribution is 6.13. The summed E-state index contributed by atoms with van der Waals surface area (Å²) in [5.74, 6) is -0.933. The van der Waals surface area contributed by atoms with Gasteiger partial charge in [-0.15, -0.1) is 0 Å². The SMILES string of the molecule is CCc1ccc2oc(=O)cc(-c3oc4ccccc4c3NC(=O)c3ccccc3F)c2c1. The minimum Gasteiger partial charge on any atom is -0.454 e. The molecule has 0 aliphatic heterocycles. The summed E-state index contributed by atoms with van der Waals surface area (Å²) in [4.78, 5) is 25.2. The fraction of sp³-hybridized carbons (Fsp3) is 0.0769. The van der Waals surface area contributed by atoms with Gasteiger partial charge in [0.05, 0.1) is 11.3 Å². The quantitative estimate of drug-likeness (QED) is 0.349. The van der Waals surface area contributed by atoms with E-state index in [-0.39, 0.29) is 5.56 Å². The maximum absolute atomic E-state index is 14.2. The van der Waals surface area contributed by atoms with Crippen LogP contribution in [-0.2, 0) is 6.42 Å². The van der Waals surface area contributed by atoms with Crippen LogP contribution in [0, 0.1) is 5.82 Å². The number of benzene rings is 3. The fourth-order valence-electron chi connectivity index (χ4n) is 3.80. The third-order valence-electron chi connectivity index (χ3n) is 5.41. The molecule has 5 nitrogen and oxygen atoms in total. The Morgan fingerprint density at radius 1 is 0.906 bits per heavy atom. The van der Waals surface area contributed by atoms with E-state index in [1.165, 1.54) is 24.3 Å². The van der Waals surface area contributed by atoms with Crippen LogP contribution in [0.25, 0.3) is 33.3 Å². The zero-order valence-corrected chi connectivity index (χ0v) is 17.1. The lowest BCUT2D eigenvalue weighted by molar-refractivity contribution is 0.102. The van der Waals surface area contributed by atoms with E-state index in [9.17, 15) is 14.0 Å². The second-order valence-corrected chi connectivity index (χ2v) is 7.40. The maximum Gasteiger partial charge on any atom is 0.336 e. The van der Waals surface area contributed by atoms with E-state index in [0.29, 0.717) is 38.9 Å². The molecule has 5 aromatic rings. The number of anilines is 1. The number of hydrogen-bond acceptors (Lipinski definition) is 4. The predicted octanol–water partition coefficient (Wildman–Crippen LogP) is 6.16. The summed E-state index contributed by atoms with van der Waals surface area (Å²) in [5.41, 5.74) is 2.23. The van der Waals surface area contributed by atoms with Crippen molar-refractivity contribution in [1.82, 2.24) is 0 Å². The maximum atomic E-state index is 14.2. The number of fused-ring (bicyclic) bond motifs is 2. The molecule has 6 heteroatoms. The molecule has 1 amide bonds. The van der Waals surface area contributed by atoms with Crippen LogP contribution in [0.1, 0.15) is 22.8 Å². The first-order valence-corrected chi connectivity index (χ1v) is 10.2. The van der Waals surface area contributed by atoms with Crippen molar-refractivity contribution >= 4 is 33.5 Å². The van der Waals surface area contributed by atoms with Crippen molar-refractivity contribution in [1.29, 1.82) is 0 Å². The highest BCUT2D eigenvalue weighted by Gasteiger charge is 2.22. The summed E-state index contributed by atoms with van der Waals surface area (Å²) in [6, 6.07) is 19.9. The van der Waals surface area contributed by atoms with Crippen molar-refractivity contribution in [3.63, 3.8) is 0 Å². The molecule has 0 aliphatic carbocycles. The largest absolute Gasteiger partial charge is 0.454 e. The van der Waals surface area contributed by atoms with E-state index in [1.807, 2.05) is 31.2 Å². The molecule has 0 aliphatic rings. The summed E-state index contributed by atoms with van der Waals surface area (Å²) in [6.45, 7) is 2.03. The molecule has 0 unspecified atom stereocenters. The zero-order chi connectivity index (χ0) is 22.2. The molecule has 3 aromatic carbocycles. The van der Waals surface area contributed by atoms with Gasteiger partial charge in [-0.05, 0) is 48.4 Å². The lowest BCUT2D eigenvalue weighted by Crippen LogP contribution is -2.14. The van der Waals surface area contributed by atoms with E-state index in [1.54, 1.807) is 24.3 Å². The Morgan fingerprint density at radius 3 is 2.47 bits per heavy atom. The van der Waals surface area contributed by atoms with Gasteiger partial charge in [-0.3, -0.25) is 4.79 Å². The molecule has 5 rings (SSSR count). The Hall–Kier alpha value is -4.19. The fourth-order valence-corrected chi connectivity index (χ4v) is 3.80. The Kier molecular flexibility index (Phi) is 4.82. The number of carbonyl (C=O) groups excluding carboxylic acids is 1. The Labute approximate surface area is 182 Å².